The molecule has 0 fully saturated rings. The molecule has 0 bridgehead atoms. The van der Waals surface area contributed by atoms with Gasteiger partial charge in [-0.05, 0) is 19.1 Å². The largest absolute Gasteiger partial charge is 0.440 e. The molecule has 0 aliphatic heterocycles. The van der Waals surface area contributed by atoms with E-state index in [1.165, 1.54) is 0 Å². The second-order valence-corrected chi connectivity index (χ2v) is 2.85. The van der Waals surface area contributed by atoms with Gasteiger partial charge in [0.25, 0.3) is 0 Å². The van der Waals surface area contributed by atoms with E-state index in [4.69, 9.17) is 4.42 Å². The van der Waals surface area contributed by atoms with Crippen molar-refractivity contribution < 1.29 is 4.42 Å². The van der Waals surface area contributed by atoms with Gasteiger partial charge in [-0.2, -0.15) is 0 Å². The number of fused-ring (bicyclic) bond motifs is 1. The molecule has 66 valence electrons. The standard InChI is InChI=1S/C11H11NO/c1-2-3-8-11-12-9-6-4-5-7-10(9)13-11/h2-7H,8H2,1H3. The van der Waals surface area contributed by atoms with Gasteiger partial charge in [0, 0.05) is 6.42 Å². The van der Waals surface area contributed by atoms with Crippen molar-refractivity contribution >= 4 is 11.1 Å². The molecular formula is C11H11NO. The molecule has 0 aliphatic rings. The molecule has 2 rings (SSSR count). The zero-order valence-electron chi connectivity index (χ0n) is 7.53. The second kappa shape index (κ2) is 3.44. The fraction of sp³-hybridized carbons (Fsp3) is 0.182. The summed E-state index contributed by atoms with van der Waals surface area (Å²) < 4.78 is 5.51. The average molecular weight is 173 g/mol. The molecule has 0 radical (unpaired) electrons. The minimum Gasteiger partial charge on any atom is -0.440 e. The highest BCUT2D eigenvalue weighted by atomic mass is 16.3. The molecule has 0 saturated heterocycles. The summed E-state index contributed by atoms with van der Waals surface area (Å²) in [5.74, 6) is 0.777. The molecular weight excluding hydrogens is 162 g/mol. The molecule has 0 unspecified atom stereocenters. The van der Waals surface area contributed by atoms with Crippen LogP contribution in [-0.2, 0) is 6.42 Å². The highest BCUT2D eigenvalue weighted by Crippen LogP contribution is 2.14. The predicted molar refractivity (Wildman–Crippen MR) is 52.5 cm³/mol. The highest BCUT2D eigenvalue weighted by Gasteiger charge is 2.01. The maximum atomic E-state index is 5.51. The second-order valence-electron chi connectivity index (χ2n) is 2.85. The van der Waals surface area contributed by atoms with Crippen molar-refractivity contribution in [3.63, 3.8) is 0 Å². The Morgan fingerprint density at radius 1 is 1.38 bits per heavy atom. The lowest BCUT2D eigenvalue weighted by Crippen LogP contribution is -1.77. The topological polar surface area (TPSA) is 26.0 Å². The number of nitrogens with zero attached hydrogens (tertiary/aromatic N) is 1. The van der Waals surface area contributed by atoms with Crippen LogP contribution in [-0.4, -0.2) is 4.98 Å². The van der Waals surface area contributed by atoms with Gasteiger partial charge in [0.15, 0.2) is 11.5 Å². The number of rotatable bonds is 2. The van der Waals surface area contributed by atoms with Gasteiger partial charge in [-0.25, -0.2) is 4.98 Å². The van der Waals surface area contributed by atoms with Gasteiger partial charge in [-0.1, -0.05) is 24.3 Å². The summed E-state index contributed by atoms with van der Waals surface area (Å²) in [6.45, 7) is 1.99. The van der Waals surface area contributed by atoms with Gasteiger partial charge in [-0.3, -0.25) is 0 Å². The molecule has 2 heteroatoms. The normalized spacial score (nSPS) is 11.5. The minimum atomic E-state index is 0.769. The van der Waals surface area contributed by atoms with E-state index in [-0.39, 0.29) is 0 Å². The fourth-order valence-corrected chi connectivity index (χ4v) is 1.23. The Kier molecular flexibility index (Phi) is 2.13. The zero-order valence-corrected chi connectivity index (χ0v) is 7.53. The van der Waals surface area contributed by atoms with Crippen LogP contribution in [0.3, 0.4) is 0 Å². The van der Waals surface area contributed by atoms with Crippen LogP contribution < -0.4 is 0 Å². The molecule has 1 heterocycles. The van der Waals surface area contributed by atoms with Crippen LogP contribution in [0.25, 0.3) is 11.1 Å². The third-order valence-corrected chi connectivity index (χ3v) is 1.87. The molecule has 0 saturated carbocycles. The molecule has 0 N–H and O–H groups in total. The summed E-state index contributed by atoms with van der Waals surface area (Å²) in [4.78, 5) is 4.33. The Morgan fingerprint density at radius 3 is 3.00 bits per heavy atom. The zero-order chi connectivity index (χ0) is 9.10. The van der Waals surface area contributed by atoms with E-state index in [1.54, 1.807) is 0 Å². The maximum absolute atomic E-state index is 5.51. The lowest BCUT2D eigenvalue weighted by Gasteiger charge is -1.83. The number of hydrogen-bond acceptors (Lipinski definition) is 2. The van der Waals surface area contributed by atoms with Crippen molar-refractivity contribution in [2.75, 3.05) is 0 Å². The Bertz CT molecular complexity index is 395. The summed E-state index contributed by atoms with van der Waals surface area (Å²) in [6.07, 6.45) is 4.80. The van der Waals surface area contributed by atoms with E-state index in [1.807, 2.05) is 43.3 Å². The van der Waals surface area contributed by atoms with Gasteiger partial charge < -0.3 is 4.42 Å². The lowest BCUT2D eigenvalue weighted by molar-refractivity contribution is 0.546. The Morgan fingerprint density at radius 2 is 2.23 bits per heavy atom. The summed E-state index contributed by atoms with van der Waals surface area (Å²) >= 11 is 0. The number of oxazole rings is 1. The van der Waals surface area contributed by atoms with Crippen molar-refractivity contribution in [2.24, 2.45) is 0 Å². The molecule has 0 aliphatic carbocycles. The van der Waals surface area contributed by atoms with Gasteiger partial charge in [0.1, 0.15) is 5.52 Å². The van der Waals surface area contributed by atoms with E-state index >= 15 is 0 Å². The smallest absolute Gasteiger partial charge is 0.199 e. The van der Waals surface area contributed by atoms with Crippen molar-refractivity contribution in [1.82, 2.24) is 4.98 Å². The molecule has 0 atom stereocenters. The van der Waals surface area contributed by atoms with Crippen molar-refractivity contribution in [1.29, 1.82) is 0 Å². The molecule has 2 aromatic rings. The van der Waals surface area contributed by atoms with Crippen LogP contribution >= 0.6 is 0 Å². The van der Waals surface area contributed by atoms with Crippen LogP contribution in [0, 0.1) is 0 Å². The SMILES string of the molecule is CC=CCc1nc2ccccc2o1. The highest BCUT2D eigenvalue weighted by molar-refractivity contribution is 5.72. The van der Waals surface area contributed by atoms with Gasteiger partial charge in [0.05, 0.1) is 0 Å². The Balaban J connectivity index is 2.38. The van der Waals surface area contributed by atoms with Gasteiger partial charge in [-0.15, -0.1) is 0 Å². The van der Waals surface area contributed by atoms with Gasteiger partial charge in [0.2, 0.25) is 0 Å². The summed E-state index contributed by atoms with van der Waals surface area (Å²) in [5.41, 5.74) is 1.80. The quantitative estimate of drug-likeness (QED) is 0.652. The average Bonchev–Trinajstić information content (AvgIpc) is 2.57. The molecule has 0 amide bonds. The van der Waals surface area contributed by atoms with E-state index in [0.717, 1.165) is 23.4 Å². The Labute approximate surface area is 76.9 Å². The predicted octanol–water partition coefficient (Wildman–Crippen LogP) is 2.95. The van der Waals surface area contributed by atoms with E-state index in [9.17, 15) is 0 Å². The monoisotopic (exact) mass is 173 g/mol. The third-order valence-electron chi connectivity index (χ3n) is 1.87. The van der Waals surface area contributed by atoms with Gasteiger partial charge >= 0.3 is 0 Å². The number of benzene rings is 1. The van der Waals surface area contributed by atoms with Crippen LogP contribution in [0.15, 0.2) is 40.8 Å². The minimum absolute atomic E-state index is 0.769. The van der Waals surface area contributed by atoms with Crippen molar-refractivity contribution in [3.8, 4) is 0 Å². The van der Waals surface area contributed by atoms with Crippen molar-refractivity contribution in [3.05, 3.63) is 42.3 Å². The summed E-state index contributed by atoms with van der Waals surface area (Å²) in [5, 5.41) is 0. The first-order valence-corrected chi connectivity index (χ1v) is 4.36. The Hall–Kier alpha value is -1.57. The fourth-order valence-electron chi connectivity index (χ4n) is 1.23. The van der Waals surface area contributed by atoms with E-state index in [2.05, 4.69) is 4.98 Å². The first kappa shape index (κ1) is 8.05. The molecule has 1 aromatic carbocycles. The summed E-state index contributed by atoms with van der Waals surface area (Å²) in [7, 11) is 0. The molecule has 0 spiro atoms. The number of allylic oxidation sites excluding steroid dienone is 2. The van der Waals surface area contributed by atoms with E-state index < -0.39 is 0 Å². The number of aromatic nitrogens is 1. The first-order chi connectivity index (χ1) is 6.40. The molecule has 2 nitrogen and oxygen atoms in total. The maximum Gasteiger partial charge on any atom is 0.199 e. The first-order valence-electron chi connectivity index (χ1n) is 4.36. The van der Waals surface area contributed by atoms with Crippen LogP contribution in [0.2, 0.25) is 0 Å². The van der Waals surface area contributed by atoms with Crippen LogP contribution in [0.5, 0.6) is 0 Å². The molecule has 1 aromatic heterocycles. The van der Waals surface area contributed by atoms with E-state index in [0.29, 0.717) is 0 Å². The molecule has 13 heavy (non-hydrogen) atoms. The number of para-hydroxylation sites is 2. The summed E-state index contributed by atoms with van der Waals surface area (Å²) in [6, 6.07) is 7.80. The van der Waals surface area contributed by atoms with Crippen LogP contribution in [0.4, 0.5) is 0 Å². The lowest BCUT2D eigenvalue weighted by atomic mass is 10.3. The van der Waals surface area contributed by atoms with Crippen LogP contribution in [0.1, 0.15) is 12.8 Å². The third kappa shape index (κ3) is 1.61. The van der Waals surface area contributed by atoms with Crippen molar-refractivity contribution in [2.45, 2.75) is 13.3 Å². The number of hydrogen-bond donors (Lipinski definition) is 0.